The molecule has 13 nitrogen and oxygen atoms in total. The molecule has 1 unspecified atom stereocenters. The van der Waals surface area contributed by atoms with Crippen molar-refractivity contribution in [3.05, 3.63) is 131 Å². The van der Waals surface area contributed by atoms with E-state index in [2.05, 4.69) is 57.8 Å². The smallest absolute Gasteiger partial charge is 0.255 e. The van der Waals surface area contributed by atoms with Crippen LogP contribution in [0.25, 0.3) is 11.3 Å². The van der Waals surface area contributed by atoms with Crippen LogP contribution in [0, 0.1) is 0 Å². The van der Waals surface area contributed by atoms with Crippen LogP contribution < -0.4 is 15.5 Å². The lowest BCUT2D eigenvalue weighted by atomic mass is 9.87. The summed E-state index contributed by atoms with van der Waals surface area (Å²) in [6.07, 6.45) is 8.78. The van der Waals surface area contributed by atoms with Crippen LogP contribution in [0.3, 0.4) is 0 Å². The average molecular weight is 845 g/mol. The fraction of sp³-hybridized carbons (Fsp3) is 0.408. The van der Waals surface area contributed by atoms with Crippen LogP contribution >= 0.6 is 0 Å². The van der Waals surface area contributed by atoms with E-state index in [1.54, 1.807) is 24.5 Å². The molecule has 13 heteroatoms. The second-order valence-electron chi connectivity index (χ2n) is 15.2. The van der Waals surface area contributed by atoms with E-state index in [9.17, 15) is 14.4 Å². The van der Waals surface area contributed by atoms with Gasteiger partial charge in [0, 0.05) is 67.5 Å². The summed E-state index contributed by atoms with van der Waals surface area (Å²) in [7, 11) is 0. The summed E-state index contributed by atoms with van der Waals surface area (Å²) in [5.74, 6) is -0.349. The molecule has 0 spiro atoms. The molecule has 5 aromatic rings. The number of aromatic amines is 1. The van der Waals surface area contributed by atoms with Crippen molar-refractivity contribution in [3.8, 4) is 11.3 Å². The van der Waals surface area contributed by atoms with E-state index in [0.29, 0.717) is 93.9 Å². The van der Waals surface area contributed by atoms with E-state index < -0.39 is 0 Å². The fourth-order valence-electron chi connectivity index (χ4n) is 7.59. The maximum atomic E-state index is 13.8. The van der Waals surface area contributed by atoms with Gasteiger partial charge in [0.1, 0.15) is 5.69 Å². The highest BCUT2D eigenvalue weighted by atomic mass is 16.6. The van der Waals surface area contributed by atoms with Gasteiger partial charge in [-0.05, 0) is 118 Å². The topological polar surface area (TPSA) is 157 Å². The Morgan fingerprint density at radius 3 is 2.21 bits per heavy atom. The molecule has 3 N–H and O–H groups in total. The van der Waals surface area contributed by atoms with Crippen LogP contribution in [-0.2, 0) is 31.8 Å². The summed E-state index contributed by atoms with van der Waals surface area (Å²) in [6, 6.07) is 27.1. The van der Waals surface area contributed by atoms with Crippen molar-refractivity contribution in [2.45, 2.75) is 64.8 Å². The molecule has 0 aliphatic heterocycles. The standard InChI is InChI=1S/C49H60N6O7/c1-3-55(4-2)40-19-20-44(42(35-40)46-34-39(21-23-50-46)49(58)52-43-17-8-14-37-13-5-6-16-41(37)43)53-48(57)38-15-7-11-36(33-38)12-9-25-59-27-29-61-31-32-62-30-28-60-26-10-18-47(56)45-22-24-51-54-45/h5-7,11,13,15-16,19-24,33-35,43H,3-4,8-10,12,14,17-18,25-32H2,1-2H3,(H,51,54)(H,52,58)(H,53,57). The number of H-pyrrole nitrogens is 1. The van der Waals surface area contributed by atoms with Gasteiger partial charge in [-0.1, -0.05) is 36.4 Å². The number of hydrogen-bond donors (Lipinski definition) is 3. The third kappa shape index (κ3) is 13.6. The zero-order valence-electron chi connectivity index (χ0n) is 36.0. The molecule has 1 aliphatic carbocycles. The van der Waals surface area contributed by atoms with Gasteiger partial charge in [-0.25, -0.2) is 0 Å². The number of rotatable bonds is 26. The number of aromatic nitrogens is 3. The van der Waals surface area contributed by atoms with Crippen LogP contribution in [0.4, 0.5) is 11.4 Å². The van der Waals surface area contributed by atoms with E-state index >= 15 is 0 Å². The first-order valence-electron chi connectivity index (χ1n) is 21.9. The van der Waals surface area contributed by atoms with Crippen molar-refractivity contribution in [2.75, 3.05) is 76.2 Å². The molecule has 2 amide bonds. The number of nitrogens with one attached hydrogen (secondary N) is 3. The first kappa shape index (κ1) is 45.8. The highest BCUT2D eigenvalue weighted by Gasteiger charge is 2.23. The normalized spacial score (nSPS) is 13.4. The van der Waals surface area contributed by atoms with Gasteiger partial charge >= 0.3 is 0 Å². The Morgan fingerprint density at radius 2 is 1.47 bits per heavy atom. The SMILES string of the molecule is CCN(CC)c1ccc(NC(=O)c2cccc(CCCOCCOCCOCCOCCCC(=O)c3ccn[nH]3)c2)c(-c2cc(C(=O)NC3CCCc4ccccc43)ccn2)c1. The number of ketones is 1. The van der Waals surface area contributed by atoms with E-state index in [4.69, 9.17) is 23.9 Å². The van der Waals surface area contributed by atoms with Crippen molar-refractivity contribution in [1.29, 1.82) is 0 Å². The molecule has 2 heterocycles. The number of benzene rings is 3. The molecule has 0 saturated heterocycles. The highest BCUT2D eigenvalue weighted by Crippen LogP contribution is 2.33. The summed E-state index contributed by atoms with van der Waals surface area (Å²) < 4.78 is 22.5. The number of pyridine rings is 1. The molecule has 0 radical (unpaired) electrons. The van der Waals surface area contributed by atoms with Gasteiger partial charge in [0.2, 0.25) is 0 Å². The number of fused-ring (bicyclic) bond motifs is 1. The van der Waals surface area contributed by atoms with Crippen molar-refractivity contribution in [3.63, 3.8) is 0 Å². The minimum Gasteiger partial charge on any atom is -0.379 e. The van der Waals surface area contributed by atoms with Gasteiger partial charge in [-0.15, -0.1) is 0 Å². The number of Topliss-reactive ketones (excluding diaryl/α,β-unsaturated/α-hetero) is 1. The molecule has 0 bridgehead atoms. The van der Waals surface area contributed by atoms with Crippen LogP contribution in [0.1, 0.15) is 99.9 Å². The van der Waals surface area contributed by atoms with Crippen LogP contribution in [-0.4, -0.2) is 98.7 Å². The monoisotopic (exact) mass is 844 g/mol. The van der Waals surface area contributed by atoms with E-state index in [-0.39, 0.29) is 23.6 Å². The van der Waals surface area contributed by atoms with Crippen LogP contribution in [0.5, 0.6) is 0 Å². The van der Waals surface area contributed by atoms with E-state index in [1.165, 1.54) is 11.1 Å². The minimum absolute atomic E-state index is 0.0298. The number of anilines is 2. The number of hydrogen-bond acceptors (Lipinski definition) is 10. The van der Waals surface area contributed by atoms with E-state index in [1.807, 2.05) is 54.6 Å². The quantitative estimate of drug-likeness (QED) is 0.0368. The Kier molecular flexibility index (Phi) is 18.2. The third-order valence-electron chi connectivity index (χ3n) is 10.9. The first-order valence-corrected chi connectivity index (χ1v) is 21.9. The largest absolute Gasteiger partial charge is 0.379 e. The Bertz CT molecular complexity index is 2170. The predicted molar refractivity (Wildman–Crippen MR) is 241 cm³/mol. The molecule has 0 fully saturated rings. The molecule has 1 atom stereocenters. The number of carbonyl (C=O) groups is 3. The molecule has 3 aromatic carbocycles. The van der Waals surface area contributed by atoms with Crippen LogP contribution in [0.2, 0.25) is 0 Å². The van der Waals surface area contributed by atoms with Crippen LogP contribution in [0.15, 0.2) is 97.3 Å². The number of carbonyl (C=O) groups excluding carboxylic acids is 3. The molecular formula is C49H60N6O7. The lowest BCUT2D eigenvalue weighted by Gasteiger charge is -2.26. The second kappa shape index (κ2) is 24.6. The average Bonchev–Trinajstić information content (AvgIpc) is 3.86. The number of ether oxygens (including phenoxy) is 4. The molecule has 6 rings (SSSR count). The predicted octanol–water partition coefficient (Wildman–Crippen LogP) is 8.04. The summed E-state index contributed by atoms with van der Waals surface area (Å²) in [5, 5.41) is 12.9. The molecule has 62 heavy (non-hydrogen) atoms. The van der Waals surface area contributed by atoms with Gasteiger partial charge in [-0.2, -0.15) is 5.10 Å². The van der Waals surface area contributed by atoms with Crippen molar-refractivity contribution < 1.29 is 33.3 Å². The number of amides is 2. The Morgan fingerprint density at radius 1 is 0.742 bits per heavy atom. The molecule has 0 saturated carbocycles. The Hall–Kier alpha value is -5.73. The number of nitrogens with zero attached hydrogens (tertiary/aromatic N) is 3. The summed E-state index contributed by atoms with van der Waals surface area (Å²) in [4.78, 5) is 46.3. The highest BCUT2D eigenvalue weighted by molar-refractivity contribution is 6.06. The first-order chi connectivity index (χ1) is 30.4. The summed E-state index contributed by atoms with van der Waals surface area (Å²) in [5.41, 5.74) is 8.06. The fourth-order valence-corrected chi connectivity index (χ4v) is 7.59. The summed E-state index contributed by atoms with van der Waals surface area (Å²) in [6.45, 7) is 9.75. The molecule has 328 valence electrons. The zero-order chi connectivity index (χ0) is 43.4. The van der Waals surface area contributed by atoms with Crippen molar-refractivity contribution >= 4 is 29.0 Å². The van der Waals surface area contributed by atoms with Gasteiger partial charge in [0.15, 0.2) is 5.78 Å². The summed E-state index contributed by atoms with van der Waals surface area (Å²) >= 11 is 0. The second-order valence-corrected chi connectivity index (χ2v) is 15.2. The molecule has 2 aromatic heterocycles. The van der Waals surface area contributed by atoms with Gasteiger partial charge in [0.25, 0.3) is 11.8 Å². The van der Waals surface area contributed by atoms with Gasteiger partial charge in [0.05, 0.1) is 57.1 Å². The third-order valence-corrected chi connectivity index (χ3v) is 10.9. The lowest BCUT2D eigenvalue weighted by molar-refractivity contribution is -0.00222. The minimum atomic E-state index is -0.228. The Balaban J connectivity index is 0.931. The van der Waals surface area contributed by atoms with Crippen molar-refractivity contribution in [2.24, 2.45) is 0 Å². The van der Waals surface area contributed by atoms with Gasteiger partial charge in [-0.3, -0.25) is 24.5 Å². The number of aryl methyl sites for hydroxylation is 2. The van der Waals surface area contributed by atoms with Crippen molar-refractivity contribution in [1.82, 2.24) is 20.5 Å². The Labute approximate surface area is 364 Å². The maximum Gasteiger partial charge on any atom is 0.255 e. The zero-order valence-corrected chi connectivity index (χ0v) is 36.0. The maximum absolute atomic E-state index is 13.8. The lowest BCUT2D eigenvalue weighted by Crippen LogP contribution is -2.31. The van der Waals surface area contributed by atoms with E-state index in [0.717, 1.165) is 62.0 Å². The molecular weight excluding hydrogens is 785 g/mol. The van der Waals surface area contributed by atoms with Gasteiger partial charge < -0.3 is 34.5 Å². The molecule has 1 aliphatic rings.